The number of ether oxygens (including phenoxy) is 1. The lowest BCUT2D eigenvalue weighted by molar-refractivity contribution is -0.116. The fraction of sp³-hybridized carbons (Fsp3) is 0.312. The van der Waals surface area contributed by atoms with Crippen LogP contribution < -0.4 is 15.6 Å². The molecule has 2 heterocycles. The van der Waals surface area contributed by atoms with Gasteiger partial charge in [0.2, 0.25) is 5.91 Å². The molecule has 1 amide bonds. The third kappa shape index (κ3) is 2.62. The molecule has 1 aromatic carbocycles. The van der Waals surface area contributed by atoms with Crippen LogP contribution in [-0.4, -0.2) is 33.9 Å². The van der Waals surface area contributed by atoms with Crippen LogP contribution in [0.4, 0.5) is 5.82 Å². The number of anilines is 1. The number of aromatic nitrogens is 2. The van der Waals surface area contributed by atoms with Gasteiger partial charge >= 0.3 is 0 Å². The summed E-state index contributed by atoms with van der Waals surface area (Å²) in [6, 6.07) is 4.83. The number of carbonyl (C=O) groups excluding carboxylic acids is 1. The van der Waals surface area contributed by atoms with Crippen LogP contribution >= 0.6 is 11.8 Å². The van der Waals surface area contributed by atoms with E-state index in [1.165, 1.54) is 24.9 Å². The number of amides is 1. The predicted molar refractivity (Wildman–Crippen MR) is 91.0 cm³/mol. The van der Waals surface area contributed by atoms with Crippen LogP contribution in [0.5, 0.6) is 11.5 Å². The first-order valence-corrected chi connectivity index (χ1v) is 8.50. The zero-order valence-electron chi connectivity index (χ0n) is 13.5. The van der Waals surface area contributed by atoms with Gasteiger partial charge in [0.1, 0.15) is 5.82 Å². The van der Waals surface area contributed by atoms with Crippen molar-refractivity contribution < 1.29 is 14.6 Å². The Morgan fingerprint density at radius 3 is 2.83 bits per heavy atom. The lowest BCUT2D eigenvalue weighted by Gasteiger charge is -2.27. The van der Waals surface area contributed by atoms with Gasteiger partial charge in [-0.15, -0.1) is 0 Å². The largest absolute Gasteiger partial charge is 0.504 e. The van der Waals surface area contributed by atoms with E-state index < -0.39 is 5.92 Å². The number of hydrogen-bond acceptors (Lipinski definition) is 6. The van der Waals surface area contributed by atoms with E-state index in [1.807, 2.05) is 6.26 Å². The van der Waals surface area contributed by atoms with Gasteiger partial charge in [-0.05, 0) is 24.0 Å². The highest BCUT2D eigenvalue weighted by Crippen LogP contribution is 2.38. The van der Waals surface area contributed by atoms with Crippen molar-refractivity contribution in [2.24, 2.45) is 7.05 Å². The molecule has 2 aromatic rings. The van der Waals surface area contributed by atoms with Crippen molar-refractivity contribution in [1.82, 2.24) is 9.55 Å². The van der Waals surface area contributed by atoms with Gasteiger partial charge in [0.25, 0.3) is 5.56 Å². The fourth-order valence-corrected chi connectivity index (χ4v) is 3.45. The highest BCUT2D eigenvalue weighted by Gasteiger charge is 2.32. The molecule has 1 atom stereocenters. The number of rotatable bonds is 3. The number of aromatic hydroxyl groups is 1. The number of fused-ring (bicyclic) bond motifs is 1. The summed E-state index contributed by atoms with van der Waals surface area (Å²) in [5.74, 6) is 0.154. The minimum absolute atomic E-state index is 0.00509. The van der Waals surface area contributed by atoms with Crippen molar-refractivity contribution in [3.8, 4) is 11.5 Å². The average molecular weight is 347 g/mol. The maximum absolute atomic E-state index is 12.5. The maximum Gasteiger partial charge on any atom is 0.279 e. The molecular weight excluding hydrogens is 330 g/mol. The Kier molecular flexibility index (Phi) is 4.23. The minimum Gasteiger partial charge on any atom is -0.504 e. The molecule has 7 nitrogen and oxygen atoms in total. The molecule has 1 unspecified atom stereocenters. The molecule has 0 aliphatic carbocycles. The van der Waals surface area contributed by atoms with Crippen molar-refractivity contribution >= 4 is 23.5 Å². The zero-order valence-corrected chi connectivity index (χ0v) is 14.3. The second-order valence-electron chi connectivity index (χ2n) is 5.46. The number of nitrogens with zero attached hydrogens (tertiary/aromatic N) is 2. The van der Waals surface area contributed by atoms with Crippen molar-refractivity contribution in [3.63, 3.8) is 0 Å². The summed E-state index contributed by atoms with van der Waals surface area (Å²) < 4.78 is 6.84. The Balaban J connectivity index is 2.21. The third-order valence-electron chi connectivity index (χ3n) is 4.09. The van der Waals surface area contributed by atoms with Crippen LogP contribution in [0.15, 0.2) is 28.2 Å². The molecular formula is C16H17N3O4S. The Labute approximate surface area is 142 Å². The molecule has 3 rings (SSSR count). The molecule has 24 heavy (non-hydrogen) atoms. The SMILES string of the molecule is COc1cc(C2CC(=O)Nc3c2c(=O)nc(SC)n3C)ccc1O. The normalized spacial score (nSPS) is 16.5. The Bertz CT molecular complexity index is 878. The Hall–Kier alpha value is -2.48. The Morgan fingerprint density at radius 1 is 1.42 bits per heavy atom. The van der Waals surface area contributed by atoms with Crippen LogP contribution in [0.25, 0.3) is 0 Å². The molecule has 1 aliphatic heterocycles. The van der Waals surface area contributed by atoms with Crippen LogP contribution in [0.3, 0.4) is 0 Å². The lowest BCUT2D eigenvalue weighted by atomic mass is 9.86. The quantitative estimate of drug-likeness (QED) is 0.648. The predicted octanol–water partition coefficient (Wildman–Crippen LogP) is 1.69. The summed E-state index contributed by atoms with van der Waals surface area (Å²) in [7, 11) is 3.21. The summed E-state index contributed by atoms with van der Waals surface area (Å²) in [4.78, 5) is 28.8. The van der Waals surface area contributed by atoms with Crippen LogP contribution in [0.2, 0.25) is 0 Å². The number of phenols is 1. The maximum atomic E-state index is 12.5. The topological polar surface area (TPSA) is 93.5 Å². The zero-order chi connectivity index (χ0) is 17.4. The molecule has 0 fully saturated rings. The van der Waals surface area contributed by atoms with Crippen molar-refractivity contribution in [3.05, 3.63) is 39.7 Å². The molecule has 126 valence electrons. The van der Waals surface area contributed by atoms with E-state index in [9.17, 15) is 14.7 Å². The van der Waals surface area contributed by atoms with Gasteiger partial charge in [-0.25, -0.2) is 0 Å². The second-order valence-corrected chi connectivity index (χ2v) is 6.23. The van der Waals surface area contributed by atoms with E-state index in [0.717, 1.165) is 5.56 Å². The standard InChI is InChI=1S/C16H17N3O4S/c1-19-14-13(15(22)18-16(19)24-3)9(7-12(21)17-14)8-4-5-10(20)11(6-8)23-2/h4-6,9,20H,7H2,1-3H3,(H,17,21). The molecule has 8 heteroatoms. The van der Waals surface area contributed by atoms with E-state index in [0.29, 0.717) is 22.3 Å². The summed E-state index contributed by atoms with van der Waals surface area (Å²) in [6.07, 6.45) is 1.96. The molecule has 0 spiro atoms. The van der Waals surface area contributed by atoms with Crippen LogP contribution in [0.1, 0.15) is 23.5 Å². The monoisotopic (exact) mass is 347 g/mol. The minimum atomic E-state index is -0.439. The second kappa shape index (κ2) is 6.20. The van der Waals surface area contributed by atoms with Gasteiger partial charge < -0.3 is 19.7 Å². The highest BCUT2D eigenvalue weighted by atomic mass is 32.2. The van der Waals surface area contributed by atoms with E-state index >= 15 is 0 Å². The van der Waals surface area contributed by atoms with Gasteiger partial charge in [-0.3, -0.25) is 9.59 Å². The molecule has 2 N–H and O–H groups in total. The van der Waals surface area contributed by atoms with E-state index in [1.54, 1.807) is 23.7 Å². The number of benzene rings is 1. The number of hydrogen-bond donors (Lipinski definition) is 2. The van der Waals surface area contributed by atoms with Gasteiger partial charge in [0.05, 0.1) is 12.7 Å². The summed E-state index contributed by atoms with van der Waals surface area (Å²) in [5.41, 5.74) is 0.809. The van der Waals surface area contributed by atoms with Crippen LogP contribution in [-0.2, 0) is 11.8 Å². The first-order chi connectivity index (χ1) is 11.5. The van der Waals surface area contributed by atoms with Crippen molar-refractivity contribution in [1.29, 1.82) is 0 Å². The summed E-state index contributed by atoms with van der Waals surface area (Å²) in [5, 5.41) is 13.1. The molecule has 0 bridgehead atoms. The van der Waals surface area contributed by atoms with Gasteiger partial charge in [-0.2, -0.15) is 4.98 Å². The number of carbonyl (C=O) groups is 1. The molecule has 0 saturated heterocycles. The van der Waals surface area contributed by atoms with E-state index in [4.69, 9.17) is 4.74 Å². The first-order valence-electron chi connectivity index (χ1n) is 7.28. The van der Waals surface area contributed by atoms with Gasteiger partial charge in [-0.1, -0.05) is 17.8 Å². The number of methoxy groups -OCH3 is 1. The molecule has 0 saturated carbocycles. The molecule has 1 aliphatic rings. The third-order valence-corrected chi connectivity index (χ3v) is 4.82. The fourth-order valence-electron chi connectivity index (χ4n) is 2.91. The number of nitrogens with one attached hydrogen (secondary N) is 1. The Morgan fingerprint density at radius 2 is 2.17 bits per heavy atom. The van der Waals surface area contributed by atoms with Crippen LogP contribution in [0, 0.1) is 0 Å². The van der Waals surface area contributed by atoms with Crippen molar-refractivity contribution in [2.45, 2.75) is 17.5 Å². The number of thioether (sulfide) groups is 1. The van der Waals surface area contributed by atoms with Crippen molar-refractivity contribution in [2.75, 3.05) is 18.7 Å². The van der Waals surface area contributed by atoms with Gasteiger partial charge in [0.15, 0.2) is 16.7 Å². The lowest BCUT2D eigenvalue weighted by Crippen LogP contribution is -2.33. The summed E-state index contributed by atoms with van der Waals surface area (Å²) >= 11 is 1.34. The molecule has 0 radical (unpaired) electrons. The van der Waals surface area contributed by atoms with Gasteiger partial charge in [0, 0.05) is 19.4 Å². The first kappa shape index (κ1) is 16.4. The summed E-state index contributed by atoms with van der Waals surface area (Å²) in [6.45, 7) is 0. The highest BCUT2D eigenvalue weighted by molar-refractivity contribution is 7.98. The van der Waals surface area contributed by atoms with E-state index in [-0.39, 0.29) is 23.6 Å². The van der Waals surface area contributed by atoms with E-state index in [2.05, 4.69) is 10.3 Å². The average Bonchev–Trinajstić information content (AvgIpc) is 2.57. The molecule has 1 aromatic heterocycles. The smallest absolute Gasteiger partial charge is 0.279 e. The number of phenolic OH excluding ortho intramolecular Hbond substituents is 1.